The van der Waals surface area contributed by atoms with Gasteiger partial charge in [-0.1, -0.05) is 5.16 Å². The zero-order chi connectivity index (χ0) is 15.9. The second-order valence-corrected chi connectivity index (χ2v) is 6.86. The maximum atomic E-state index is 5.64. The van der Waals surface area contributed by atoms with Crippen LogP contribution in [0.4, 0.5) is 0 Å². The Hall–Kier alpha value is -2.41. The molecule has 1 aliphatic heterocycles. The zero-order valence-corrected chi connectivity index (χ0v) is 13.7. The molecule has 0 bridgehead atoms. The maximum Gasteiger partial charge on any atom is 0.232 e. The van der Waals surface area contributed by atoms with Gasteiger partial charge in [-0.3, -0.25) is 0 Å². The fourth-order valence-corrected chi connectivity index (χ4v) is 3.52. The topological polar surface area (TPSA) is 70.3 Å². The molecule has 0 unspecified atom stereocenters. The van der Waals surface area contributed by atoms with Crippen molar-refractivity contribution in [3.63, 3.8) is 0 Å². The molecule has 3 heterocycles. The molecule has 0 amide bonds. The van der Waals surface area contributed by atoms with E-state index in [2.05, 4.69) is 15.1 Å². The average molecular weight is 341 g/mol. The van der Waals surface area contributed by atoms with Gasteiger partial charge in [-0.05, 0) is 31.0 Å². The molecule has 0 spiro atoms. The van der Waals surface area contributed by atoms with E-state index in [1.165, 1.54) is 12.8 Å². The van der Waals surface area contributed by atoms with Crippen molar-refractivity contribution in [1.82, 2.24) is 15.1 Å². The smallest absolute Gasteiger partial charge is 0.232 e. The van der Waals surface area contributed by atoms with E-state index in [0.29, 0.717) is 31.4 Å². The predicted octanol–water partition coefficient (Wildman–Crippen LogP) is 3.43. The standard InChI is InChI=1S/C17H15N3O3S/c1-2-10(1)16-19-15(23-20-16)8-12-9-24-17(18-12)11-3-4-13-14(7-11)22-6-5-21-13/h3-4,7,9-10H,1-2,5-6,8H2. The van der Waals surface area contributed by atoms with E-state index in [9.17, 15) is 0 Å². The van der Waals surface area contributed by atoms with Gasteiger partial charge in [0.25, 0.3) is 0 Å². The number of fused-ring (bicyclic) bond motifs is 1. The van der Waals surface area contributed by atoms with Gasteiger partial charge in [0.2, 0.25) is 5.89 Å². The Labute approximate surface area is 142 Å². The first-order valence-corrected chi connectivity index (χ1v) is 8.90. The number of rotatable bonds is 4. The molecule has 2 aliphatic rings. The molecule has 1 saturated carbocycles. The normalized spacial score (nSPS) is 16.3. The van der Waals surface area contributed by atoms with E-state index in [1.54, 1.807) is 11.3 Å². The minimum Gasteiger partial charge on any atom is -0.486 e. The molecule has 5 rings (SSSR count). The van der Waals surface area contributed by atoms with Gasteiger partial charge >= 0.3 is 0 Å². The Morgan fingerprint density at radius 2 is 1.96 bits per heavy atom. The van der Waals surface area contributed by atoms with Crippen molar-refractivity contribution in [3.05, 3.63) is 41.0 Å². The third-order valence-corrected chi connectivity index (χ3v) is 5.04. The second kappa shape index (κ2) is 5.59. The molecule has 3 aromatic rings. The van der Waals surface area contributed by atoms with Gasteiger partial charge in [-0.25, -0.2) is 4.98 Å². The van der Waals surface area contributed by atoms with Gasteiger partial charge < -0.3 is 14.0 Å². The highest BCUT2D eigenvalue weighted by Crippen LogP contribution is 2.38. The minimum absolute atomic E-state index is 0.506. The van der Waals surface area contributed by atoms with Crippen molar-refractivity contribution in [2.45, 2.75) is 25.2 Å². The Kier molecular flexibility index (Phi) is 3.26. The molecule has 24 heavy (non-hydrogen) atoms. The number of benzene rings is 1. The summed E-state index contributed by atoms with van der Waals surface area (Å²) in [7, 11) is 0. The highest BCUT2D eigenvalue weighted by molar-refractivity contribution is 7.13. The molecule has 0 atom stereocenters. The fourth-order valence-electron chi connectivity index (χ4n) is 2.70. The molecule has 0 radical (unpaired) electrons. The van der Waals surface area contributed by atoms with E-state index in [0.717, 1.165) is 33.6 Å². The van der Waals surface area contributed by atoms with Crippen molar-refractivity contribution < 1.29 is 14.0 Å². The molecule has 0 N–H and O–H groups in total. The lowest BCUT2D eigenvalue weighted by atomic mass is 10.2. The van der Waals surface area contributed by atoms with Crippen molar-refractivity contribution in [2.75, 3.05) is 13.2 Å². The predicted molar refractivity (Wildman–Crippen MR) is 87.6 cm³/mol. The van der Waals surface area contributed by atoms with Gasteiger partial charge in [-0.15, -0.1) is 11.3 Å². The summed E-state index contributed by atoms with van der Waals surface area (Å²) in [6.07, 6.45) is 2.91. The summed E-state index contributed by atoms with van der Waals surface area (Å²) in [6.45, 7) is 1.18. The van der Waals surface area contributed by atoms with Crippen LogP contribution in [0, 0.1) is 0 Å². The third kappa shape index (κ3) is 2.65. The number of hydrogen-bond donors (Lipinski definition) is 0. The summed E-state index contributed by atoms with van der Waals surface area (Å²) >= 11 is 1.60. The van der Waals surface area contributed by atoms with Gasteiger partial charge in [0.15, 0.2) is 17.3 Å². The number of nitrogens with zero attached hydrogens (tertiary/aromatic N) is 3. The number of ether oxygens (including phenoxy) is 2. The Balaban J connectivity index is 1.36. The van der Waals surface area contributed by atoms with Crippen LogP contribution in [-0.4, -0.2) is 28.3 Å². The molecule has 7 heteroatoms. The monoisotopic (exact) mass is 341 g/mol. The Morgan fingerprint density at radius 3 is 2.83 bits per heavy atom. The molecular weight excluding hydrogens is 326 g/mol. The van der Waals surface area contributed by atoms with Crippen LogP contribution in [0.1, 0.15) is 36.2 Å². The largest absolute Gasteiger partial charge is 0.486 e. The summed E-state index contributed by atoms with van der Waals surface area (Å²) in [5.41, 5.74) is 1.97. The van der Waals surface area contributed by atoms with Gasteiger partial charge in [-0.2, -0.15) is 4.98 Å². The molecule has 1 aromatic carbocycles. The first-order valence-electron chi connectivity index (χ1n) is 8.02. The highest BCUT2D eigenvalue weighted by Gasteiger charge is 2.28. The van der Waals surface area contributed by atoms with Crippen LogP contribution in [0.3, 0.4) is 0 Å². The first kappa shape index (κ1) is 14.0. The number of thiazole rings is 1. The van der Waals surface area contributed by atoms with Gasteiger partial charge in [0, 0.05) is 16.9 Å². The van der Waals surface area contributed by atoms with Crippen molar-refractivity contribution >= 4 is 11.3 Å². The fraction of sp³-hybridized carbons (Fsp3) is 0.353. The van der Waals surface area contributed by atoms with Crippen molar-refractivity contribution in [2.24, 2.45) is 0 Å². The quantitative estimate of drug-likeness (QED) is 0.724. The van der Waals surface area contributed by atoms with Gasteiger partial charge in [0.1, 0.15) is 18.2 Å². The highest BCUT2D eigenvalue weighted by atomic mass is 32.1. The summed E-state index contributed by atoms with van der Waals surface area (Å²) in [6, 6.07) is 5.92. The molecule has 122 valence electrons. The summed E-state index contributed by atoms with van der Waals surface area (Å²) in [4.78, 5) is 9.15. The zero-order valence-electron chi connectivity index (χ0n) is 12.9. The van der Waals surface area contributed by atoms with Crippen LogP contribution >= 0.6 is 11.3 Å². The van der Waals surface area contributed by atoms with Crippen molar-refractivity contribution in [3.8, 4) is 22.1 Å². The van der Waals surface area contributed by atoms with E-state index in [4.69, 9.17) is 14.0 Å². The Bertz CT molecular complexity index is 885. The maximum absolute atomic E-state index is 5.64. The first-order chi connectivity index (χ1) is 11.8. The van der Waals surface area contributed by atoms with E-state index < -0.39 is 0 Å². The van der Waals surface area contributed by atoms with E-state index in [1.807, 2.05) is 23.6 Å². The lowest BCUT2D eigenvalue weighted by Gasteiger charge is -2.18. The molecule has 1 fully saturated rings. The molecule has 2 aromatic heterocycles. The van der Waals surface area contributed by atoms with Crippen LogP contribution in [0.15, 0.2) is 28.1 Å². The van der Waals surface area contributed by atoms with Crippen LogP contribution in [-0.2, 0) is 6.42 Å². The molecule has 6 nitrogen and oxygen atoms in total. The third-order valence-electron chi connectivity index (χ3n) is 4.10. The Morgan fingerprint density at radius 1 is 1.08 bits per heavy atom. The lowest BCUT2D eigenvalue weighted by molar-refractivity contribution is 0.171. The SMILES string of the molecule is c1cc2c(cc1-c1nc(Cc3nc(C4CC4)no3)cs1)OCCO2. The lowest BCUT2D eigenvalue weighted by Crippen LogP contribution is -2.15. The summed E-state index contributed by atoms with van der Waals surface area (Å²) in [5.74, 6) is 3.55. The second-order valence-electron chi connectivity index (χ2n) is 6.00. The van der Waals surface area contributed by atoms with E-state index in [-0.39, 0.29) is 0 Å². The van der Waals surface area contributed by atoms with Crippen LogP contribution in [0.5, 0.6) is 11.5 Å². The van der Waals surface area contributed by atoms with Gasteiger partial charge in [0.05, 0.1) is 12.1 Å². The van der Waals surface area contributed by atoms with Crippen LogP contribution < -0.4 is 9.47 Å². The molecule has 1 aliphatic carbocycles. The summed E-state index contributed by atoms with van der Waals surface area (Å²) < 4.78 is 16.5. The van der Waals surface area contributed by atoms with Crippen LogP contribution in [0.2, 0.25) is 0 Å². The van der Waals surface area contributed by atoms with E-state index >= 15 is 0 Å². The van der Waals surface area contributed by atoms with Crippen LogP contribution in [0.25, 0.3) is 10.6 Å². The van der Waals surface area contributed by atoms with Crippen molar-refractivity contribution in [1.29, 1.82) is 0 Å². The molecular formula is C17H15N3O3S. The minimum atomic E-state index is 0.506. The number of hydrogen-bond acceptors (Lipinski definition) is 7. The molecule has 0 saturated heterocycles. The summed E-state index contributed by atoms with van der Waals surface area (Å²) in [5, 5.41) is 7.03. The number of aromatic nitrogens is 3. The average Bonchev–Trinajstić information content (AvgIpc) is 3.19.